The predicted octanol–water partition coefficient (Wildman–Crippen LogP) is 0.907. The second kappa shape index (κ2) is 7.00. The summed E-state index contributed by atoms with van der Waals surface area (Å²) in [5.41, 5.74) is 7.39. The Hall–Kier alpha value is -2.41. The van der Waals surface area contributed by atoms with E-state index in [0.29, 0.717) is 6.54 Å². The molecule has 0 aliphatic carbocycles. The number of nitrogens with one attached hydrogen (secondary N) is 2. The molecule has 0 bridgehead atoms. The number of rotatable bonds is 5. The number of aromatic nitrogens is 2. The number of nitrogens with two attached hydrogens (primary N) is 1. The Balaban J connectivity index is 1.62. The van der Waals surface area contributed by atoms with E-state index >= 15 is 0 Å². The van der Waals surface area contributed by atoms with Gasteiger partial charge in [-0.3, -0.25) is 19.5 Å². The standard InChI is InChI=1S/C17H23N5O2/c1-11(22-7-3-2-4-15(22)16(18)23)17(24)20-10-13-8-12-9-19-6-5-14(12)21-13/h5-6,8-9,11,15,21H,2-4,7,10H2,1H3,(H2,18,23)(H,20,24)/t11-,15?/m0/s1. The zero-order chi connectivity index (χ0) is 17.1. The van der Waals surface area contributed by atoms with Crippen LogP contribution in [0.3, 0.4) is 0 Å². The Morgan fingerprint density at radius 1 is 1.50 bits per heavy atom. The van der Waals surface area contributed by atoms with E-state index < -0.39 is 0 Å². The van der Waals surface area contributed by atoms with Crippen LogP contribution in [0, 0.1) is 0 Å². The van der Waals surface area contributed by atoms with Crippen LogP contribution in [0.25, 0.3) is 10.9 Å². The molecule has 2 aromatic heterocycles. The molecule has 1 aliphatic rings. The molecule has 7 heteroatoms. The highest BCUT2D eigenvalue weighted by Gasteiger charge is 2.33. The molecule has 1 aliphatic heterocycles. The number of hydrogen-bond acceptors (Lipinski definition) is 4. The molecule has 0 spiro atoms. The van der Waals surface area contributed by atoms with Crippen molar-refractivity contribution in [1.82, 2.24) is 20.2 Å². The smallest absolute Gasteiger partial charge is 0.237 e. The maximum atomic E-state index is 12.5. The fourth-order valence-corrected chi connectivity index (χ4v) is 3.33. The predicted molar refractivity (Wildman–Crippen MR) is 90.9 cm³/mol. The number of aromatic amines is 1. The van der Waals surface area contributed by atoms with E-state index in [1.54, 1.807) is 12.4 Å². The lowest BCUT2D eigenvalue weighted by Crippen LogP contribution is -2.55. The number of carbonyl (C=O) groups is 2. The average molecular weight is 329 g/mol. The fourth-order valence-electron chi connectivity index (χ4n) is 3.33. The Kier molecular flexibility index (Phi) is 4.80. The molecule has 128 valence electrons. The van der Waals surface area contributed by atoms with Gasteiger partial charge in [0.1, 0.15) is 0 Å². The summed E-state index contributed by atoms with van der Waals surface area (Å²) in [6, 6.07) is 3.14. The number of hydrogen-bond donors (Lipinski definition) is 3. The third-order valence-electron chi connectivity index (χ3n) is 4.68. The molecular formula is C17H23N5O2. The van der Waals surface area contributed by atoms with Gasteiger partial charge in [-0.25, -0.2) is 0 Å². The van der Waals surface area contributed by atoms with Crippen molar-refractivity contribution < 1.29 is 9.59 Å². The Morgan fingerprint density at radius 3 is 3.08 bits per heavy atom. The molecule has 0 radical (unpaired) electrons. The first kappa shape index (κ1) is 16.4. The normalized spacial score (nSPS) is 20.0. The third-order valence-corrected chi connectivity index (χ3v) is 4.68. The number of nitrogens with zero attached hydrogens (tertiary/aromatic N) is 2. The van der Waals surface area contributed by atoms with E-state index in [9.17, 15) is 9.59 Å². The SMILES string of the molecule is C[C@@H](C(=O)NCc1cc2cnccc2[nH]1)N1CCCCC1C(N)=O. The summed E-state index contributed by atoms with van der Waals surface area (Å²) in [6.07, 6.45) is 6.19. The van der Waals surface area contributed by atoms with E-state index in [2.05, 4.69) is 15.3 Å². The van der Waals surface area contributed by atoms with Crippen LogP contribution < -0.4 is 11.1 Å². The Labute approximate surface area is 140 Å². The first-order valence-electron chi connectivity index (χ1n) is 8.30. The summed E-state index contributed by atoms with van der Waals surface area (Å²) in [5.74, 6) is -0.447. The Morgan fingerprint density at radius 2 is 2.33 bits per heavy atom. The topological polar surface area (TPSA) is 104 Å². The molecule has 2 atom stereocenters. The molecule has 7 nitrogen and oxygen atoms in total. The molecule has 2 amide bonds. The van der Waals surface area contributed by atoms with Crippen LogP contribution in [-0.4, -0.2) is 45.3 Å². The minimum atomic E-state index is -0.381. The van der Waals surface area contributed by atoms with Gasteiger partial charge in [0.25, 0.3) is 0 Å². The zero-order valence-electron chi connectivity index (χ0n) is 13.8. The van der Waals surface area contributed by atoms with Crippen LogP contribution >= 0.6 is 0 Å². The quantitative estimate of drug-likeness (QED) is 0.758. The number of likely N-dealkylation sites (tertiary alicyclic amines) is 1. The number of pyridine rings is 1. The zero-order valence-corrected chi connectivity index (χ0v) is 13.8. The van der Waals surface area contributed by atoms with Crippen LogP contribution in [0.5, 0.6) is 0 Å². The third kappa shape index (κ3) is 3.41. The highest BCUT2D eigenvalue weighted by Crippen LogP contribution is 2.19. The van der Waals surface area contributed by atoms with Crippen LogP contribution in [0.15, 0.2) is 24.5 Å². The van der Waals surface area contributed by atoms with Crippen LogP contribution in [-0.2, 0) is 16.1 Å². The van der Waals surface area contributed by atoms with Gasteiger partial charge in [-0.15, -0.1) is 0 Å². The second-order valence-electron chi connectivity index (χ2n) is 6.30. The summed E-state index contributed by atoms with van der Waals surface area (Å²) in [7, 11) is 0. The Bertz CT molecular complexity index is 708. The van der Waals surface area contributed by atoms with Gasteiger partial charge in [-0.05, 0) is 38.4 Å². The van der Waals surface area contributed by atoms with Crippen LogP contribution in [0.4, 0.5) is 0 Å². The number of primary amides is 1. The van der Waals surface area contributed by atoms with Crippen LogP contribution in [0.2, 0.25) is 0 Å². The number of H-pyrrole nitrogens is 1. The fraction of sp³-hybridized carbons (Fsp3) is 0.471. The summed E-state index contributed by atoms with van der Waals surface area (Å²) < 4.78 is 0. The van der Waals surface area contributed by atoms with Crippen molar-refractivity contribution in [3.8, 4) is 0 Å². The minimum Gasteiger partial charge on any atom is -0.368 e. The molecule has 3 heterocycles. The molecular weight excluding hydrogens is 306 g/mol. The molecule has 3 rings (SSSR count). The number of carbonyl (C=O) groups excluding carboxylic acids is 2. The molecule has 0 saturated carbocycles. The van der Waals surface area contributed by atoms with Crippen molar-refractivity contribution >= 4 is 22.7 Å². The molecule has 1 fully saturated rings. The van der Waals surface area contributed by atoms with Crippen molar-refractivity contribution in [3.05, 3.63) is 30.2 Å². The summed E-state index contributed by atoms with van der Waals surface area (Å²) in [5, 5.41) is 3.95. The van der Waals surface area contributed by atoms with Crippen LogP contribution in [0.1, 0.15) is 31.9 Å². The van der Waals surface area contributed by atoms with E-state index in [-0.39, 0.29) is 23.9 Å². The first-order valence-corrected chi connectivity index (χ1v) is 8.30. The van der Waals surface area contributed by atoms with Crippen molar-refractivity contribution in [2.45, 2.75) is 44.8 Å². The van der Waals surface area contributed by atoms with Crippen molar-refractivity contribution in [1.29, 1.82) is 0 Å². The van der Waals surface area contributed by atoms with Crippen molar-refractivity contribution in [2.24, 2.45) is 5.73 Å². The van der Waals surface area contributed by atoms with Crippen molar-refractivity contribution in [2.75, 3.05) is 6.54 Å². The van der Waals surface area contributed by atoms with Gasteiger partial charge in [-0.2, -0.15) is 0 Å². The number of piperidine rings is 1. The molecule has 4 N–H and O–H groups in total. The number of fused-ring (bicyclic) bond motifs is 1. The van der Waals surface area contributed by atoms with Gasteiger partial charge in [0.15, 0.2) is 0 Å². The van der Waals surface area contributed by atoms with Gasteiger partial charge < -0.3 is 16.0 Å². The summed E-state index contributed by atoms with van der Waals surface area (Å²) in [6.45, 7) is 2.96. The lowest BCUT2D eigenvalue weighted by atomic mass is 9.99. The molecule has 2 aromatic rings. The number of amides is 2. The average Bonchev–Trinajstić information content (AvgIpc) is 3.02. The van der Waals surface area contributed by atoms with Gasteiger partial charge in [-0.1, -0.05) is 6.42 Å². The van der Waals surface area contributed by atoms with Gasteiger partial charge >= 0.3 is 0 Å². The van der Waals surface area contributed by atoms with E-state index in [0.717, 1.165) is 42.4 Å². The van der Waals surface area contributed by atoms with Crippen molar-refractivity contribution in [3.63, 3.8) is 0 Å². The monoisotopic (exact) mass is 329 g/mol. The molecule has 1 saturated heterocycles. The maximum Gasteiger partial charge on any atom is 0.237 e. The van der Waals surface area contributed by atoms with E-state index in [1.807, 2.05) is 24.0 Å². The highest BCUT2D eigenvalue weighted by molar-refractivity contribution is 5.84. The van der Waals surface area contributed by atoms with Gasteiger partial charge in [0, 0.05) is 29.0 Å². The second-order valence-corrected chi connectivity index (χ2v) is 6.30. The minimum absolute atomic E-state index is 0.0973. The van der Waals surface area contributed by atoms with E-state index in [1.165, 1.54) is 0 Å². The first-order chi connectivity index (χ1) is 11.6. The maximum absolute atomic E-state index is 12.5. The van der Waals surface area contributed by atoms with E-state index in [4.69, 9.17) is 5.73 Å². The summed E-state index contributed by atoms with van der Waals surface area (Å²) in [4.78, 5) is 33.3. The lowest BCUT2D eigenvalue weighted by Gasteiger charge is -2.37. The largest absolute Gasteiger partial charge is 0.368 e. The van der Waals surface area contributed by atoms with Gasteiger partial charge in [0.05, 0.1) is 18.6 Å². The molecule has 1 unspecified atom stereocenters. The summed E-state index contributed by atoms with van der Waals surface area (Å²) >= 11 is 0. The highest BCUT2D eigenvalue weighted by atomic mass is 16.2. The molecule has 0 aromatic carbocycles. The van der Waals surface area contributed by atoms with Gasteiger partial charge in [0.2, 0.25) is 11.8 Å². The molecule has 24 heavy (non-hydrogen) atoms. The lowest BCUT2D eigenvalue weighted by molar-refractivity contribution is -0.132.